The van der Waals surface area contributed by atoms with Crippen molar-refractivity contribution in [3.8, 4) is 0 Å². The number of thiazole rings is 1. The van der Waals surface area contributed by atoms with E-state index in [1.54, 1.807) is 0 Å². The van der Waals surface area contributed by atoms with Crippen LogP contribution >= 0.6 is 22.9 Å². The zero-order valence-corrected chi connectivity index (χ0v) is 16.4. The molecule has 1 heterocycles. The van der Waals surface area contributed by atoms with E-state index in [0.29, 0.717) is 5.01 Å². The molecule has 0 bridgehead atoms. The molecule has 0 N–H and O–H groups in total. The maximum absolute atomic E-state index is 12.8. The Morgan fingerprint density at radius 1 is 1.27 bits per heavy atom. The molecule has 1 aromatic heterocycles. The largest absolute Gasteiger partial charge is 0.465 e. The van der Waals surface area contributed by atoms with Gasteiger partial charge in [0, 0.05) is 7.05 Å². The Labute approximate surface area is 160 Å². The normalized spacial score (nSPS) is 11.8. The van der Waals surface area contributed by atoms with Crippen LogP contribution in [0.5, 0.6) is 0 Å². The van der Waals surface area contributed by atoms with E-state index in [1.807, 2.05) is 24.3 Å². The van der Waals surface area contributed by atoms with Gasteiger partial charge in [0.05, 0.1) is 34.5 Å². The molecule has 6 nitrogen and oxygen atoms in total. The molecular weight excluding hydrogens is 396 g/mol. The van der Waals surface area contributed by atoms with E-state index < -0.39 is 16.0 Å². The monoisotopic (exact) mass is 410 g/mol. The highest BCUT2D eigenvalue weighted by molar-refractivity contribution is 7.89. The summed E-state index contributed by atoms with van der Waals surface area (Å²) >= 11 is 7.54. The zero-order chi connectivity index (χ0) is 18.9. The minimum Gasteiger partial charge on any atom is -0.465 e. The number of hydrogen-bond donors (Lipinski definition) is 0. The summed E-state index contributed by atoms with van der Waals surface area (Å²) in [5.74, 6) is -0.585. The Bertz CT molecular complexity index is 1050. The Morgan fingerprint density at radius 3 is 2.65 bits per heavy atom. The lowest BCUT2D eigenvalue weighted by Gasteiger charge is -2.17. The quantitative estimate of drug-likeness (QED) is 0.601. The maximum atomic E-state index is 12.8. The maximum Gasteiger partial charge on any atom is 0.337 e. The van der Waals surface area contributed by atoms with Crippen molar-refractivity contribution >= 4 is 49.1 Å². The average molecular weight is 411 g/mol. The first-order valence-electron chi connectivity index (χ1n) is 7.51. The molecule has 0 spiro atoms. The summed E-state index contributed by atoms with van der Waals surface area (Å²) in [6.45, 7) is 0.122. The van der Waals surface area contributed by atoms with Gasteiger partial charge in [-0.2, -0.15) is 4.31 Å². The van der Waals surface area contributed by atoms with E-state index in [0.717, 1.165) is 10.2 Å². The standard InChI is InChI=1S/C17H15ClN2O4S2/c1-20(10-16-19-13-5-3-4-6-14(13)25-16)26(22,23)15-8-7-11(9-12(15)18)17(21)24-2/h3-9H,10H2,1-2H3. The third-order valence-corrected chi connectivity index (χ3v) is 7.04. The van der Waals surface area contributed by atoms with E-state index in [9.17, 15) is 13.2 Å². The second kappa shape index (κ2) is 7.32. The number of ether oxygens (including phenoxy) is 1. The minimum atomic E-state index is -3.84. The molecule has 0 unspecified atom stereocenters. The van der Waals surface area contributed by atoms with Crippen molar-refractivity contribution in [2.24, 2.45) is 0 Å². The van der Waals surface area contributed by atoms with Gasteiger partial charge in [0.2, 0.25) is 10.0 Å². The molecule has 3 aromatic rings. The Balaban J connectivity index is 1.88. The fourth-order valence-corrected chi connectivity index (χ4v) is 5.13. The Morgan fingerprint density at radius 2 is 2.00 bits per heavy atom. The number of benzene rings is 2. The first-order chi connectivity index (χ1) is 12.3. The van der Waals surface area contributed by atoms with Gasteiger partial charge in [-0.05, 0) is 30.3 Å². The first kappa shape index (κ1) is 18.8. The van der Waals surface area contributed by atoms with E-state index >= 15 is 0 Å². The number of para-hydroxylation sites is 1. The lowest BCUT2D eigenvalue weighted by molar-refractivity contribution is 0.0600. The number of fused-ring (bicyclic) bond motifs is 1. The van der Waals surface area contributed by atoms with Crippen molar-refractivity contribution in [2.75, 3.05) is 14.2 Å². The summed E-state index contributed by atoms with van der Waals surface area (Å²) in [5, 5.41) is 0.642. The Hall–Kier alpha value is -2.00. The molecule has 0 fully saturated rings. The van der Waals surface area contributed by atoms with Gasteiger partial charge in [-0.15, -0.1) is 11.3 Å². The van der Waals surface area contributed by atoms with Crippen LogP contribution in [0.3, 0.4) is 0 Å². The number of rotatable bonds is 5. The topological polar surface area (TPSA) is 76.6 Å². The molecule has 2 aromatic carbocycles. The molecule has 0 saturated heterocycles. The van der Waals surface area contributed by atoms with E-state index in [2.05, 4.69) is 9.72 Å². The van der Waals surface area contributed by atoms with Crippen molar-refractivity contribution < 1.29 is 17.9 Å². The van der Waals surface area contributed by atoms with Gasteiger partial charge in [-0.1, -0.05) is 23.7 Å². The highest BCUT2D eigenvalue weighted by Crippen LogP contribution is 2.28. The van der Waals surface area contributed by atoms with Gasteiger partial charge in [0.25, 0.3) is 0 Å². The molecule has 0 aliphatic carbocycles. The molecule has 0 saturated carbocycles. The van der Waals surface area contributed by atoms with Gasteiger partial charge in [0.1, 0.15) is 9.90 Å². The van der Waals surface area contributed by atoms with E-state index in [4.69, 9.17) is 11.6 Å². The minimum absolute atomic E-state index is 0.0379. The number of nitrogens with zero attached hydrogens (tertiary/aromatic N) is 2. The smallest absolute Gasteiger partial charge is 0.337 e. The summed E-state index contributed by atoms with van der Waals surface area (Å²) in [5.41, 5.74) is 1.02. The molecule has 26 heavy (non-hydrogen) atoms. The lowest BCUT2D eigenvalue weighted by Crippen LogP contribution is -2.26. The second-order valence-electron chi connectivity index (χ2n) is 5.47. The fourth-order valence-electron chi connectivity index (χ4n) is 2.39. The number of carbonyl (C=O) groups excluding carboxylic acids is 1. The van der Waals surface area contributed by atoms with Gasteiger partial charge in [-0.3, -0.25) is 0 Å². The molecule has 0 atom stereocenters. The van der Waals surface area contributed by atoms with Crippen molar-refractivity contribution in [3.05, 3.63) is 58.1 Å². The van der Waals surface area contributed by atoms with Gasteiger partial charge in [0.15, 0.2) is 0 Å². The summed E-state index contributed by atoms with van der Waals surface area (Å²) in [6.07, 6.45) is 0. The van der Waals surface area contributed by atoms with Crippen LogP contribution in [0.25, 0.3) is 10.2 Å². The van der Waals surface area contributed by atoms with Crippen LogP contribution in [0, 0.1) is 0 Å². The van der Waals surface area contributed by atoms with Gasteiger partial charge in [-0.25, -0.2) is 18.2 Å². The molecule has 0 aliphatic rings. The number of esters is 1. The van der Waals surface area contributed by atoms with Crippen LogP contribution in [0.2, 0.25) is 5.02 Å². The number of carbonyl (C=O) groups is 1. The van der Waals surface area contributed by atoms with Crippen molar-refractivity contribution in [1.82, 2.24) is 9.29 Å². The average Bonchev–Trinajstić information content (AvgIpc) is 3.02. The number of sulfonamides is 1. The lowest BCUT2D eigenvalue weighted by atomic mass is 10.2. The number of halogens is 1. The van der Waals surface area contributed by atoms with Gasteiger partial charge < -0.3 is 4.74 Å². The zero-order valence-electron chi connectivity index (χ0n) is 14.0. The predicted octanol–water partition coefficient (Wildman–Crippen LogP) is 3.56. The highest BCUT2D eigenvalue weighted by atomic mass is 35.5. The predicted molar refractivity (Wildman–Crippen MR) is 101 cm³/mol. The van der Waals surface area contributed by atoms with E-state index in [1.165, 1.54) is 48.0 Å². The molecule has 9 heteroatoms. The number of aromatic nitrogens is 1. The summed E-state index contributed by atoms with van der Waals surface area (Å²) in [4.78, 5) is 15.9. The van der Waals surface area contributed by atoms with Crippen molar-refractivity contribution in [1.29, 1.82) is 0 Å². The summed E-state index contributed by atoms with van der Waals surface area (Å²) < 4.78 is 32.4. The number of hydrogen-bond acceptors (Lipinski definition) is 6. The molecular formula is C17H15ClN2O4S2. The fraction of sp³-hybridized carbons (Fsp3) is 0.176. The van der Waals surface area contributed by atoms with E-state index in [-0.39, 0.29) is 22.0 Å². The molecule has 0 amide bonds. The number of methoxy groups -OCH3 is 1. The summed E-state index contributed by atoms with van der Waals surface area (Å²) in [6, 6.07) is 11.6. The van der Waals surface area contributed by atoms with Crippen molar-refractivity contribution in [3.63, 3.8) is 0 Å². The van der Waals surface area contributed by atoms with Crippen LogP contribution in [0.15, 0.2) is 47.4 Å². The van der Waals surface area contributed by atoms with Crippen LogP contribution < -0.4 is 0 Å². The molecule has 136 valence electrons. The first-order valence-corrected chi connectivity index (χ1v) is 10.1. The molecule has 0 aliphatic heterocycles. The van der Waals surface area contributed by atoms with Gasteiger partial charge >= 0.3 is 5.97 Å². The van der Waals surface area contributed by atoms with Crippen LogP contribution in [-0.2, 0) is 21.3 Å². The second-order valence-corrected chi connectivity index (χ2v) is 9.01. The SMILES string of the molecule is COC(=O)c1ccc(S(=O)(=O)N(C)Cc2nc3ccccc3s2)c(Cl)c1. The van der Waals surface area contributed by atoms with Crippen molar-refractivity contribution in [2.45, 2.75) is 11.4 Å². The molecule has 0 radical (unpaired) electrons. The van der Waals surface area contributed by atoms with Crippen LogP contribution in [0.1, 0.15) is 15.4 Å². The van der Waals surface area contributed by atoms with Crippen LogP contribution in [-0.4, -0.2) is 37.8 Å². The Kier molecular flexibility index (Phi) is 5.29. The highest BCUT2D eigenvalue weighted by Gasteiger charge is 2.25. The summed E-state index contributed by atoms with van der Waals surface area (Å²) in [7, 11) is -1.13. The molecule has 3 rings (SSSR count). The van der Waals surface area contributed by atoms with Crippen LogP contribution in [0.4, 0.5) is 0 Å². The third kappa shape index (κ3) is 3.59. The third-order valence-electron chi connectivity index (χ3n) is 3.74.